The van der Waals surface area contributed by atoms with E-state index in [1.54, 1.807) is 0 Å². The van der Waals surface area contributed by atoms with Gasteiger partial charge in [-0.2, -0.15) is 0 Å². The average Bonchev–Trinajstić information content (AvgIpc) is 3.07. The van der Waals surface area contributed by atoms with Crippen LogP contribution in [0.4, 0.5) is 0 Å². The molecule has 6 heteroatoms. The highest BCUT2D eigenvalue weighted by Gasteiger charge is 2.12. The van der Waals surface area contributed by atoms with Gasteiger partial charge in [0.15, 0.2) is 5.16 Å². The molecule has 0 saturated carbocycles. The predicted octanol–water partition coefficient (Wildman–Crippen LogP) is 5.68. The van der Waals surface area contributed by atoms with Gasteiger partial charge in [0.1, 0.15) is 0 Å². The van der Waals surface area contributed by atoms with Gasteiger partial charge in [0, 0.05) is 18.1 Å². The van der Waals surface area contributed by atoms with Crippen LogP contribution in [0, 0.1) is 0 Å². The minimum atomic E-state index is 0.00420. The Hall–Kier alpha value is -1.98. The third-order valence-corrected chi connectivity index (χ3v) is 5.82. The van der Waals surface area contributed by atoms with E-state index in [0.29, 0.717) is 17.3 Å². The van der Waals surface area contributed by atoms with Gasteiger partial charge in [-0.1, -0.05) is 73.8 Å². The van der Waals surface area contributed by atoms with Crippen molar-refractivity contribution in [3.05, 3.63) is 59.1 Å². The number of unbranched alkanes of at least 4 members (excludes halogenated alkanes) is 3. The maximum Gasteiger partial charge on any atom is 0.230 e. The number of carbonyl (C=O) groups excluding carboxylic acids is 1. The van der Waals surface area contributed by atoms with E-state index < -0.39 is 0 Å². The molecule has 2 aromatic carbocycles. The zero-order chi connectivity index (χ0) is 19.8. The van der Waals surface area contributed by atoms with Crippen molar-refractivity contribution in [3.63, 3.8) is 0 Å². The molecule has 0 spiro atoms. The van der Waals surface area contributed by atoms with Gasteiger partial charge in [-0.15, -0.1) is 0 Å². The summed E-state index contributed by atoms with van der Waals surface area (Å²) in [5, 5.41) is 4.58. The number of amides is 1. The molecule has 0 aliphatic carbocycles. The summed E-state index contributed by atoms with van der Waals surface area (Å²) in [6.07, 6.45) is 4.82. The molecule has 1 amide bonds. The van der Waals surface area contributed by atoms with Crippen LogP contribution in [-0.2, 0) is 17.9 Å². The molecule has 0 radical (unpaired) electrons. The summed E-state index contributed by atoms with van der Waals surface area (Å²) < 4.78 is 2.25. The van der Waals surface area contributed by atoms with Crippen molar-refractivity contribution < 1.29 is 4.79 Å². The second-order valence-corrected chi connectivity index (χ2v) is 8.17. The van der Waals surface area contributed by atoms with Gasteiger partial charge in [-0.3, -0.25) is 4.79 Å². The SMILES string of the molecule is CCCCCCn1c(SCC(=O)NCc2ccc(Cl)cc2)nc2ccccc21. The molecule has 0 aliphatic heterocycles. The normalized spacial score (nSPS) is 11.1. The van der Waals surface area contributed by atoms with Crippen LogP contribution in [0.15, 0.2) is 53.7 Å². The van der Waals surface area contributed by atoms with Crippen molar-refractivity contribution in [1.29, 1.82) is 0 Å². The zero-order valence-corrected chi connectivity index (χ0v) is 17.7. The number of halogens is 1. The molecule has 28 heavy (non-hydrogen) atoms. The van der Waals surface area contributed by atoms with Gasteiger partial charge >= 0.3 is 0 Å². The summed E-state index contributed by atoms with van der Waals surface area (Å²) in [4.78, 5) is 17.0. The van der Waals surface area contributed by atoms with Gasteiger partial charge in [-0.25, -0.2) is 4.98 Å². The van der Waals surface area contributed by atoms with E-state index in [1.165, 1.54) is 31.0 Å². The summed E-state index contributed by atoms with van der Waals surface area (Å²) in [5.41, 5.74) is 3.16. The van der Waals surface area contributed by atoms with Crippen LogP contribution in [0.5, 0.6) is 0 Å². The molecule has 1 N–H and O–H groups in total. The standard InChI is InChI=1S/C22H26ClN3OS/c1-2-3-4-7-14-26-20-9-6-5-8-19(20)25-22(26)28-16-21(27)24-15-17-10-12-18(23)13-11-17/h5-6,8-13H,2-4,7,14-16H2,1H3,(H,24,27). The predicted molar refractivity (Wildman–Crippen MR) is 118 cm³/mol. The topological polar surface area (TPSA) is 46.9 Å². The molecule has 1 heterocycles. The molecule has 0 saturated heterocycles. The third-order valence-electron chi connectivity index (χ3n) is 4.59. The number of thioether (sulfide) groups is 1. The number of hydrogen-bond donors (Lipinski definition) is 1. The molecule has 0 unspecified atom stereocenters. The lowest BCUT2D eigenvalue weighted by Crippen LogP contribution is -2.24. The van der Waals surface area contributed by atoms with Gasteiger partial charge in [0.25, 0.3) is 0 Å². The Morgan fingerprint density at radius 2 is 1.89 bits per heavy atom. The van der Waals surface area contributed by atoms with Crippen LogP contribution in [0.1, 0.15) is 38.2 Å². The van der Waals surface area contributed by atoms with Crippen LogP contribution in [0.3, 0.4) is 0 Å². The van der Waals surface area contributed by atoms with Crippen LogP contribution in [0.25, 0.3) is 11.0 Å². The van der Waals surface area contributed by atoms with E-state index in [0.717, 1.165) is 34.7 Å². The van der Waals surface area contributed by atoms with Crippen molar-refractivity contribution in [1.82, 2.24) is 14.9 Å². The monoisotopic (exact) mass is 415 g/mol. The number of hydrogen-bond acceptors (Lipinski definition) is 3. The van der Waals surface area contributed by atoms with Crippen LogP contribution < -0.4 is 5.32 Å². The first-order chi connectivity index (χ1) is 13.7. The van der Waals surface area contributed by atoms with Crippen LogP contribution in [0.2, 0.25) is 5.02 Å². The summed E-state index contributed by atoms with van der Waals surface area (Å²) in [5.74, 6) is 0.357. The van der Waals surface area contributed by atoms with Crippen molar-refractivity contribution in [2.45, 2.75) is 50.9 Å². The highest BCUT2D eigenvalue weighted by molar-refractivity contribution is 7.99. The minimum absolute atomic E-state index is 0.00420. The fraction of sp³-hybridized carbons (Fsp3) is 0.364. The molecule has 1 aromatic heterocycles. The first-order valence-corrected chi connectivity index (χ1v) is 11.1. The number of benzene rings is 2. The molecule has 148 valence electrons. The molecule has 3 rings (SSSR count). The first kappa shape index (κ1) is 20.7. The van der Waals surface area contributed by atoms with Crippen molar-refractivity contribution in [3.8, 4) is 0 Å². The van der Waals surface area contributed by atoms with Crippen molar-refractivity contribution in [2.75, 3.05) is 5.75 Å². The number of nitrogens with one attached hydrogen (secondary N) is 1. The number of aromatic nitrogens is 2. The first-order valence-electron chi connectivity index (χ1n) is 9.76. The lowest BCUT2D eigenvalue weighted by atomic mass is 10.2. The third kappa shape index (κ3) is 5.76. The number of fused-ring (bicyclic) bond motifs is 1. The fourth-order valence-electron chi connectivity index (χ4n) is 3.06. The van der Waals surface area contributed by atoms with E-state index in [9.17, 15) is 4.79 Å². The molecule has 3 aromatic rings. The lowest BCUT2D eigenvalue weighted by Gasteiger charge is -2.09. The molecule has 0 aliphatic rings. The smallest absolute Gasteiger partial charge is 0.230 e. The number of rotatable bonds is 10. The van der Waals surface area contributed by atoms with Gasteiger partial charge in [0.05, 0.1) is 16.8 Å². The Labute approximate surface area is 175 Å². The summed E-state index contributed by atoms with van der Waals surface area (Å²) in [6, 6.07) is 15.7. The number of nitrogens with zero attached hydrogens (tertiary/aromatic N) is 2. The number of aryl methyl sites for hydroxylation is 1. The lowest BCUT2D eigenvalue weighted by molar-refractivity contribution is -0.118. The maximum atomic E-state index is 12.3. The highest BCUT2D eigenvalue weighted by Crippen LogP contribution is 2.25. The molecular weight excluding hydrogens is 390 g/mol. The Morgan fingerprint density at radius 3 is 2.68 bits per heavy atom. The largest absolute Gasteiger partial charge is 0.351 e. The highest BCUT2D eigenvalue weighted by atomic mass is 35.5. The van der Waals surface area contributed by atoms with E-state index in [1.807, 2.05) is 42.5 Å². The number of imidazole rings is 1. The van der Waals surface area contributed by atoms with E-state index >= 15 is 0 Å². The Bertz CT molecular complexity index is 908. The Kier molecular flexibility index (Phi) is 7.80. The molecule has 0 atom stereocenters. The molecule has 0 bridgehead atoms. The van der Waals surface area contributed by atoms with Crippen molar-refractivity contribution >= 4 is 40.3 Å². The Morgan fingerprint density at radius 1 is 1.11 bits per heavy atom. The van der Waals surface area contributed by atoms with Crippen LogP contribution >= 0.6 is 23.4 Å². The molecule has 4 nitrogen and oxygen atoms in total. The summed E-state index contributed by atoms with van der Waals surface area (Å²) in [6.45, 7) is 3.66. The second-order valence-electron chi connectivity index (χ2n) is 6.79. The van der Waals surface area contributed by atoms with Gasteiger partial charge in [0.2, 0.25) is 5.91 Å². The van der Waals surface area contributed by atoms with E-state index in [-0.39, 0.29) is 5.91 Å². The summed E-state index contributed by atoms with van der Waals surface area (Å²) in [7, 11) is 0. The van der Waals surface area contributed by atoms with E-state index in [4.69, 9.17) is 16.6 Å². The fourth-order valence-corrected chi connectivity index (χ4v) is 4.06. The van der Waals surface area contributed by atoms with Gasteiger partial charge in [-0.05, 0) is 36.2 Å². The average molecular weight is 416 g/mol. The number of para-hydroxylation sites is 2. The van der Waals surface area contributed by atoms with E-state index in [2.05, 4.69) is 22.9 Å². The summed E-state index contributed by atoms with van der Waals surface area (Å²) >= 11 is 7.39. The molecular formula is C22H26ClN3OS. The second kappa shape index (κ2) is 10.5. The van der Waals surface area contributed by atoms with Crippen LogP contribution in [-0.4, -0.2) is 21.2 Å². The van der Waals surface area contributed by atoms with Crippen molar-refractivity contribution in [2.24, 2.45) is 0 Å². The van der Waals surface area contributed by atoms with Gasteiger partial charge < -0.3 is 9.88 Å². The minimum Gasteiger partial charge on any atom is -0.351 e. The zero-order valence-electron chi connectivity index (χ0n) is 16.2. The number of carbonyl (C=O) groups is 1. The quantitative estimate of drug-likeness (QED) is 0.342. The molecule has 0 fully saturated rings. The maximum absolute atomic E-state index is 12.3. The Balaban J connectivity index is 1.59.